The Hall–Kier alpha value is -2.07. The Morgan fingerprint density at radius 1 is 1.16 bits per heavy atom. The molecule has 1 heterocycles. The van der Waals surface area contributed by atoms with Gasteiger partial charge in [-0.1, -0.05) is 48.6 Å². The number of nitrogens with zero attached hydrogens (tertiary/aromatic N) is 2. The van der Waals surface area contributed by atoms with E-state index in [0.717, 1.165) is 11.4 Å². The molecule has 2 aromatic rings. The van der Waals surface area contributed by atoms with Crippen molar-refractivity contribution < 1.29 is 0 Å². The van der Waals surface area contributed by atoms with Gasteiger partial charge in [0.25, 0.3) is 0 Å². The Kier molecular flexibility index (Phi) is 4.75. The highest BCUT2D eigenvalue weighted by molar-refractivity contribution is 7.80. The van der Waals surface area contributed by atoms with Crippen LogP contribution in [0.3, 0.4) is 0 Å². The molecular formula is C15H15N3S. The number of hydrogen-bond donors (Lipinski definition) is 1. The van der Waals surface area contributed by atoms with E-state index >= 15 is 0 Å². The summed E-state index contributed by atoms with van der Waals surface area (Å²) in [6, 6.07) is 16.0. The van der Waals surface area contributed by atoms with Gasteiger partial charge in [-0.3, -0.25) is 10.4 Å². The summed E-state index contributed by atoms with van der Waals surface area (Å²) in [5, 5.41) is 4.35. The molecule has 0 amide bonds. The SMILES string of the molecule is CC(=S)N/N=C(\Cc1ccccc1)c1ccccn1. The summed E-state index contributed by atoms with van der Waals surface area (Å²) in [7, 11) is 0. The van der Waals surface area contributed by atoms with Crippen molar-refractivity contribution in [3.05, 3.63) is 66.0 Å². The third kappa shape index (κ3) is 4.26. The molecule has 0 fully saturated rings. The molecule has 96 valence electrons. The molecule has 1 aromatic carbocycles. The molecule has 19 heavy (non-hydrogen) atoms. The lowest BCUT2D eigenvalue weighted by atomic mass is 10.1. The number of nitrogens with one attached hydrogen (secondary N) is 1. The summed E-state index contributed by atoms with van der Waals surface area (Å²) < 4.78 is 0. The average molecular weight is 269 g/mol. The first-order valence-corrected chi connectivity index (χ1v) is 6.45. The molecule has 0 bridgehead atoms. The maximum atomic E-state index is 4.99. The lowest BCUT2D eigenvalue weighted by molar-refractivity contribution is 1.02. The minimum atomic E-state index is 0.640. The van der Waals surface area contributed by atoms with Gasteiger partial charge in [-0.05, 0) is 24.6 Å². The summed E-state index contributed by atoms with van der Waals surface area (Å²) in [4.78, 5) is 4.98. The van der Waals surface area contributed by atoms with E-state index in [0.29, 0.717) is 11.4 Å². The number of benzene rings is 1. The van der Waals surface area contributed by atoms with Crippen molar-refractivity contribution in [2.45, 2.75) is 13.3 Å². The molecule has 0 saturated carbocycles. The van der Waals surface area contributed by atoms with Crippen molar-refractivity contribution in [2.24, 2.45) is 5.10 Å². The smallest absolute Gasteiger partial charge is 0.0930 e. The summed E-state index contributed by atoms with van der Waals surface area (Å²) in [6.07, 6.45) is 2.48. The molecule has 1 N–H and O–H groups in total. The van der Waals surface area contributed by atoms with Crippen molar-refractivity contribution in [1.29, 1.82) is 0 Å². The Morgan fingerprint density at radius 2 is 1.89 bits per heavy atom. The molecule has 0 unspecified atom stereocenters. The Bertz CT molecular complexity index is 564. The highest BCUT2D eigenvalue weighted by Crippen LogP contribution is 2.06. The first-order chi connectivity index (χ1) is 9.25. The second-order valence-corrected chi connectivity index (χ2v) is 4.72. The van der Waals surface area contributed by atoms with Crippen LogP contribution in [0, 0.1) is 0 Å². The van der Waals surface area contributed by atoms with E-state index in [1.807, 2.05) is 36.4 Å². The van der Waals surface area contributed by atoms with Crippen LogP contribution in [0.4, 0.5) is 0 Å². The number of thiocarbonyl (C=S) groups is 1. The number of rotatable bonds is 4. The second kappa shape index (κ2) is 6.75. The highest BCUT2D eigenvalue weighted by Gasteiger charge is 2.06. The maximum Gasteiger partial charge on any atom is 0.0930 e. The van der Waals surface area contributed by atoms with Crippen LogP contribution in [-0.4, -0.2) is 15.7 Å². The van der Waals surface area contributed by atoms with E-state index in [4.69, 9.17) is 12.2 Å². The molecule has 0 saturated heterocycles. The van der Waals surface area contributed by atoms with Crippen LogP contribution in [0.5, 0.6) is 0 Å². The van der Waals surface area contributed by atoms with Gasteiger partial charge >= 0.3 is 0 Å². The highest BCUT2D eigenvalue weighted by atomic mass is 32.1. The molecule has 4 heteroatoms. The fourth-order valence-electron chi connectivity index (χ4n) is 1.66. The summed E-state index contributed by atoms with van der Waals surface area (Å²) in [6.45, 7) is 1.80. The first-order valence-electron chi connectivity index (χ1n) is 6.04. The van der Waals surface area contributed by atoms with E-state index in [9.17, 15) is 0 Å². The zero-order valence-corrected chi connectivity index (χ0v) is 11.5. The van der Waals surface area contributed by atoms with Gasteiger partial charge in [-0.25, -0.2) is 0 Å². The number of hydrazone groups is 1. The zero-order valence-electron chi connectivity index (χ0n) is 10.7. The van der Waals surface area contributed by atoms with Crippen molar-refractivity contribution >= 4 is 22.9 Å². The fraction of sp³-hybridized carbons (Fsp3) is 0.133. The van der Waals surface area contributed by atoms with Gasteiger partial charge in [0, 0.05) is 12.6 Å². The number of aromatic nitrogens is 1. The van der Waals surface area contributed by atoms with E-state index in [1.165, 1.54) is 5.56 Å². The molecule has 3 nitrogen and oxygen atoms in total. The number of hydrogen-bond acceptors (Lipinski definition) is 3. The minimum Gasteiger partial charge on any atom is -0.272 e. The largest absolute Gasteiger partial charge is 0.272 e. The summed E-state index contributed by atoms with van der Waals surface area (Å²) in [5.41, 5.74) is 5.76. The van der Waals surface area contributed by atoms with E-state index in [-0.39, 0.29) is 0 Å². The molecule has 0 radical (unpaired) electrons. The lowest BCUT2D eigenvalue weighted by Crippen LogP contribution is -2.17. The first kappa shape index (κ1) is 13.4. The topological polar surface area (TPSA) is 37.3 Å². The third-order valence-electron chi connectivity index (χ3n) is 2.52. The van der Waals surface area contributed by atoms with Gasteiger partial charge in [0.05, 0.1) is 16.4 Å². The van der Waals surface area contributed by atoms with E-state index < -0.39 is 0 Å². The van der Waals surface area contributed by atoms with Gasteiger partial charge < -0.3 is 0 Å². The predicted molar refractivity (Wildman–Crippen MR) is 82.3 cm³/mol. The van der Waals surface area contributed by atoms with Crippen LogP contribution >= 0.6 is 12.2 Å². The van der Waals surface area contributed by atoms with Crippen molar-refractivity contribution in [3.8, 4) is 0 Å². The molecule has 2 rings (SSSR count). The molecule has 0 spiro atoms. The van der Waals surface area contributed by atoms with Gasteiger partial charge in [0.1, 0.15) is 0 Å². The van der Waals surface area contributed by atoms with Gasteiger partial charge in [0.2, 0.25) is 0 Å². The molecule has 0 aliphatic rings. The van der Waals surface area contributed by atoms with Crippen LogP contribution in [0.25, 0.3) is 0 Å². The Morgan fingerprint density at radius 3 is 2.53 bits per heavy atom. The maximum absolute atomic E-state index is 4.99. The third-order valence-corrected chi connectivity index (χ3v) is 2.61. The summed E-state index contributed by atoms with van der Waals surface area (Å²) >= 11 is 4.99. The molecule has 1 aromatic heterocycles. The second-order valence-electron chi connectivity index (χ2n) is 4.10. The van der Waals surface area contributed by atoms with Gasteiger partial charge in [-0.15, -0.1) is 0 Å². The monoisotopic (exact) mass is 269 g/mol. The fourth-order valence-corrected chi connectivity index (χ4v) is 1.70. The van der Waals surface area contributed by atoms with Crippen molar-refractivity contribution in [3.63, 3.8) is 0 Å². The van der Waals surface area contributed by atoms with Crippen LogP contribution in [0.15, 0.2) is 59.8 Å². The minimum absolute atomic E-state index is 0.640. The average Bonchev–Trinajstić information content (AvgIpc) is 2.45. The van der Waals surface area contributed by atoms with Crippen LogP contribution in [0.1, 0.15) is 18.2 Å². The van der Waals surface area contributed by atoms with Gasteiger partial charge in [-0.2, -0.15) is 5.10 Å². The molecular weight excluding hydrogens is 254 g/mol. The normalized spacial score (nSPS) is 11.1. The van der Waals surface area contributed by atoms with E-state index in [2.05, 4.69) is 27.6 Å². The van der Waals surface area contributed by atoms with Gasteiger partial charge in [0.15, 0.2) is 0 Å². The zero-order chi connectivity index (χ0) is 13.5. The Labute approximate surface area is 118 Å². The standard InChI is InChI=1S/C15H15N3S/c1-12(19)17-18-15(14-9-5-6-10-16-14)11-13-7-3-2-4-8-13/h2-10H,11H2,1H3,(H,17,19)/b18-15+. The molecule has 0 atom stereocenters. The van der Waals surface area contributed by atoms with Crippen LogP contribution in [0.2, 0.25) is 0 Å². The van der Waals surface area contributed by atoms with Crippen LogP contribution < -0.4 is 5.43 Å². The quantitative estimate of drug-likeness (QED) is 0.527. The van der Waals surface area contributed by atoms with Crippen molar-refractivity contribution in [1.82, 2.24) is 10.4 Å². The Balaban J connectivity index is 2.25. The molecule has 0 aliphatic heterocycles. The van der Waals surface area contributed by atoms with E-state index in [1.54, 1.807) is 13.1 Å². The summed E-state index contributed by atoms with van der Waals surface area (Å²) in [5.74, 6) is 0. The van der Waals surface area contributed by atoms with Crippen molar-refractivity contribution in [2.75, 3.05) is 0 Å². The lowest BCUT2D eigenvalue weighted by Gasteiger charge is -2.07. The predicted octanol–water partition coefficient (Wildman–Crippen LogP) is 2.97. The van der Waals surface area contributed by atoms with Crippen LogP contribution in [-0.2, 0) is 6.42 Å². The number of pyridine rings is 1. The molecule has 0 aliphatic carbocycles.